The Morgan fingerprint density at radius 1 is 1.03 bits per heavy atom. The second kappa shape index (κ2) is 11.0. The molecule has 3 aromatic carbocycles. The molecule has 0 spiro atoms. The fourth-order valence-corrected chi connectivity index (χ4v) is 5.06. The standard InChI is InChI=1S/C28H20BrFN2O3S/c29-23-15-19(12-13-25(23)35-18-20-7-4-5-11-24(20)30)16-26-27(33)32(17-22-10-6-14-34-22)28(36-26)31-21-8-2-1-3-9-21/h1-16H,17-18H2/b26-16-,31-28?. The Kier molecular flexibility index (Phi) is 7.34. The predicted octanol–water partition coefficient (Wildman–Crippen LogP) is 7.56. The van der Waals surface area contributed by atoms with Crippen molar-refractivity contribution in [1.82, 2.24) is 4.90 Å². The minimum Gasteiger partial charge on any atom is -0.488 e. The molecular weight excluding hydrogens is 543 g/mol. The van der Waals surface area contributed by atoms with Crippen molar-refractivity contribution in [1.29, 1.82) is 0 Å². The summed E-state index contributed by atoms with van der Waals surface area (Å²) in [6.07, 6.45) is 3.40. The molecule has 0 aliphatic carbocycles. The number of benzene rings is 3. The van der Waals surface area contributed by atoms with E-state index in [2.05, 4.69) is 15.9 Å². The van der Waals surface area contributed by atoms with Crippen molar-refractivity contribution in [2.24, 2.45) is 4.99 Å². The topological polar surface area (TPSA) is 55.0 Å². The van der Waals surface area contributed by atoms with Gasteiger partial charge >= 0.3 is 0 Å². The molecule has 5 rings (SSSR count). The van der Waals surface area contributed by atoms with Crippen LogP contribution in [0.3, 0.4) is 0 Å². The molecule has 4 aromatic rings. The summed E-state index contributed by atoms with van der Waals surface area (Å²) in [4.78, 5) is 20.2. The molecule has 1 aliphatic heterocycles. The van der Waals surface area contributed by atoms with E-state index in [9.17, 15) is 9.18 Å². The van der Waals surface area contributed by atoms with Gasteiger partial charge in [0.2, 0.25) is 0 Å². The maximum Gasteiger partial charge on any atom is 0.267 e. The van der Waals surface area contributed by atoms with Crippen LogP contribution in [0.15, 0.2) is 110 Å². The molecule has 1 saturated heterocycles. The molecule has 180 valence electrons. The van der Waals surface area contributed by atoms with Gasteiger partial charge in [0.25, 0.3) is 5.91 Å². The van der Waals surface area contributed by atoms with Crippen molar-refractivity contribution in [2.45, 2.75) is 13.2 Å². The molecule has 0 radical (unpaired) electrons. The van der Waals surface area contributed by atoms with E-state index >= 15 is 0 Å². The summed E-state index contributed by atoms with van der Waals surface area (Å²) in [7, 11) is 0. The van der Waals surface area contributed by atoms with Gasteiger partial charge in [0, 0.05) is 5.56 Å². The van der Waals surface area contributed by atoms with Crippen LogP contribution in [-0.4, -0.2) is 16.0 Å². The first-order valence-corrected chi connectivity index (χ1v) is 12.7. The summed E-state index contributed by atoms with van der Waals surface area (Å²) in [5.41, 5.74) is 2.05. The molecule has 5 nitrogen and oxygen atoms in total. The molecular formula is C28H20BrFN2O3S. The predicted molar refractivity (Wildman–Crippen MR) is 143 cm³/mol. The maximum absolute atomic E-state index is 13.9. The number of carbonyl (C=O) groups is 1. The lowest BCUT2D eigenvalue weighted by molar-refractivity contribution is -0.122. The quantitative estimate of drug-likeness (QED) is 0.218. The van der Waals surface area contributed by atoms with Gasteiger partial charge in [-0.15, -0.1) is 0 Å². The van der Waals surface area contributed by atoms with Crippen LogP contribution in [0.5, 0.6) is 5.75 Å². The van der Waals surface area contributed by atoms with E-state index in [1.807, 2.05) is 54.6 Å². The number of rotatable bonds is 7. The van der Waals surface area contributed by atoms with E-state index in [1.54, 1.807) is 41.5 Å². The van der Waals surface area contributed by atoms with Crippen LogP contribution < -0.4 is 4.74 Å². The molecule has 36 heavy (non-hydrogen) atoms. The molecule has 1 amide bonds. The minimum atomic E-state index is -0.307. The highest BCUT2D eigenvalue weighted by Gasteiger charge is 2.34. The van der Waals surface area contributed by atoms with Crippen molar-refractivity contribution in [2.75, 3.05) is 0 Å². The summed E-state index contributed by atoms with van der Waals surface area (Å²) < 4.78 is 25.8. The van der Waals surface area contributed by atoms with Gasteiger partial charge in [0.1, 0.15) is 23.9 Å². The van der Waals surface area contributed by atoms with Crippen molar-refractivity contribution in [3.05, 3.63) is 123 Å². The summed E-state index contributed by atoms with van der Waals surface area (Å²) in [5.74, 6) is 0.794. The fourth-order valence-electron chi connectivity index (χ4n) is 3.55. The Morgan fingerprint density at radius 2 is 1.83 bits per heavy atom. The number of thioether (sulfide) groups is 1. The van der Waals surface area contributed by atoms with Crippen LogP contribution in [0.25, 0.3) is 6.08 Å². The zero-order valence-corrected chi connectivity index (χ0v) is 21.3. The Morgan fingerprint density at radius 3 is 2.58 bits per heavy atom. The molecule has 0 unspecified atom stereocenters. The monoisotopic (exact) mass is 562 g/mol. The minimum absolute atomic E-state index is 0.112. The van der Waals surface area contributed by atoms with E-state index in [-0.39, 0.29) is 24.9 Å². The lowest BCUT2D eigenvalue weighted by Crippen LogP contribution is -2.28. The number of para-hydroxylation sites is 1. The highest BCUT2D eigenvalue weighted by molar-refractivity contribution is 9.10. The van der Waals surface area contributed by atoms with Gasteiger partial charge in [0.15, 0.2) is 5.17 Å². The van der Waals surface area contributed by atoms with E-state index < -0.39 is 0 Å². The van der Waals surface area contributed by atoms with E-state index in [0.29, 0.717) is 31.6 Å². The van der Waals surface area contributed by atoms with Gasteiger partial charge in [-0.2, -0.15) is 0 Å². The van der Waals surface area contributed by atoms with Crippen LogP contribution in [-0.2, 0) is 17.9 Å². The average Bonchev–Trinajstić information content (AvgIpc) is 3.49. The highest BCUT2D eigenvalue weighted by Crippen LogP contribution is 2.36. The highest BCUT2D eigenvalue weighted by atomic mass is 79.9. The lowest BCUT2D eigenvalue weighted by Gasteiger charge is -2.13. The number of hydrogen-bond acceptors (Lipinski definition) is 5. The zero-order valence-electron chi connectivity index (χ0n) is 18.9. The number of nitrogens with zero attached hydrogens (tertiary/aromatic N) is 2. The third-order valence-corrected chi connectivity index (χ3v) is 6.98. The first-order chi connectivity index (χ1) is 17.6. The van der Waals surface area contributed by atoms with Crippen LogP contribution in [0, 0.1) is 5.82 Å². The molecule has 0 atom stereocenters. The Balaban J connectivity index is 1.37. The second-order valence-corrected chi connectivity index (χ2v) is 9.74. The molecule has 0 N–H and O–H groups in total. The number of aliphatic imine (C=N–C) groups is 1. The van der Waals surface area contributed by atoms with E-state index in [1.165, 1.54) is 17.8 Å². The van der Waals surface area contributed by atoms with Gasteiger partial charge in [-0.25, -0.2) is 9.38 Å². The Labute approximate surface area is 220 Å². The van der Waals surface area contributed by atoms with Crippen LogP contribution in [0.2, 0.25) is 0 Å². The number of amidine groups is 1. The van der Waals surface area contributed by atoms with Gasteiger partial charge in [-0.3, -0.25) is 9.69 Å². The summed E-state index contributed by atoms with van der Waals surface area (Å²) in [5, 5.41) is 0.581. The zero-order chi connectivity index (χ0) is 24.9. The summed E-state index contributed by atoms with van der Waals surface area (Å²) >= 11 is 4.84. The molecule has 0 saturated carbocycles. The fraction of sp³-hybridized carbons (Fsp3) is 0.0714. The first-order valence-electron chi connectivity index (χ1n) is 11.1. The average molecular weight is 563 g/mol. The van der Waals surface area contributed by atoms with Gasteiger partial charge in [0.05, 0.1) is 27.9 Å². The SMILES string of the molecule is O=C1/C(=C/c2ccc(OCc3ccccc3F)c(Br)c2)SC(=Nc2ccccc2)N1Cc1ccco1. The molecule has 1 aromatic heterocycles. The molecule has 1 fully saturated rings. The number of ether oxygens (including phenoxy) is 1. The smallest absolute Gasteiger partial charge is 0.267 e. The van der Waals surface area contributed by atoms with E-state index in [4.69, 9.17) is 14.1 Å². The van der Waals surface area contributed by atoms with Crippen LogP contribution in [0.1, 0.15) is 16.9 Å². The third-order valence-electron chi connectivity index (χ3n) is 5.36. The van der Waals surface area contributed by atoms with Crippen molar-refractivity contribution in [3.8, 4) is 5.75 Å². The van der Waals surface area contributed by atoms with E-state index in [0.717, 1.165) is 11.3 Å². The van der Waals surface area contributed by atoms with Gasteiger partial charge < -0.3 is 9.15 Å². The Hall–Kier alpha value is -3.62. The number of halogens is 2. The number of hydrogen-bond donors (Lipinski definition) is 0. The third kappa shape index (κ3) is 5.61. The molecule has 2 heterocycles. The summed E-state index contributed by atoms with van der Waals surface area (Å²) in [6, 6.07) is 25.2. The second-order valence-electron chi connectivity index (χ2n) is 7.88. The largest absolute Gasteiger partial charge is 0.488 e. The summed E-state index contributed by atoms with van der Waals surface area (Å²) in [6.45, 7) is 0.398. The van der Waals surface area contributed by atoms with Crippen LogP contribution in [0.4, 0.5) is 10.1 Å². The molecule has 0 bridgehead atoms. The normalized spacial score (nSPS) is 15.7. The number of carbonyl (C=O) groups excluding carboxylic acids is 1. The molecule has 1 aliphatic rings. The molecule has 8 heteroatoms. The number of amides is 1. The van der Waals surface area contributed by atoms with Crippen molar-refractivity contribution >= 4 is 50.5 Å². The van der Waals surface area contributed by atoms with Gasteiger partial charge in [-0.1, -0.05) is 42.5 Å². The van der Waals surface area contributed by atoms with Crippen molar-refractivity contribution in [3.63, 3.8) is 0 Å². The van der Waals surface area contributed by atoms with Crippen LogP contribution >= 0.6 is 27.7 Å². The number of furan rings is 1. The van der Waals surface area contributed by atoms with Crippen molar-refractivity contribution < 1.29 is 18.3 Å². The maximum atomic E-state index is 13.9. The lowest BCUT2D eigenvalue weighted by atomic mass is 10.2. The first kappa shape index (κ1) is 24.1. The van der Waals surface area contributed by atoms with Gasteiger partial charge in [-0.05, 0) is 81.8 Å². The Bertz CT molecular complexity index is 1440.